The number of piperidine rings is 1. The van der Waals surface area contributed by atoms with Crippen LogP contribution in [0.15, 0.2) is 33.0 Å². The molecule has 1 saturated heterocycles. The van der Waals surface area contributed by atoms with Crippen LogP contribution in [0.25, 0.3) is 12.2 Å². The van der Waals surface area contributed by atoms with Crippen molar-refractivity contribution in [3.05, 3.63) is 57.4 Å². The monoisotopic (exact) mass is 500 g/mol. The van der Waals surface area contributed by atoms with Crippen LogP contribution in [-0.2, 0) is 14.8 Å². The Bertz CT molecular complexity index is 1340. The summed E-state index contributed by atoms with van der Waals surface area (Å²) in [6.07, 6.45) is 4.69. The van der Waals surface area contributed by atoms with Gasteiger partial charge in [-0.1, -0.05) is 35.0 Å². The van der Waals surface area contributed by atoms with Crippen LogP contribution in [-0.4, -0.2) is 41.9 Å². The first-order chi connectivity index (χ1) is 16.1. The number of rotatable bonds is 6. The van der Waals surface area contributed by atoms with E-state index < -0.39 is 15.9 Å². The van der Waals surface area contributed by atoms with Crippen LogP contribution in [0.3, 0.4) is 0 Å². The smallest absolute Gasteiger partial charge is 0.248 e. The van der Waals surface area contributed by atoms with Crippen LogP contribution in [0.2, 0.25) is 0 Å². The maximum absolute atomic E-state index is 13.6. The van der Waals surface area contributed by atoms with Gasteiger partial charge in [0.25, 0.3) is 0 Å². The van der Waals surface area contributed by atoms with Crippen LogP contribution in [0.1, 0.15) is 46.7 Å². The van der Waals surface area contributed by atoms with E-state index in [0.717, 1.165) is 22.4 Å². The summed E-state index contributed by atoms with van der Waals surface area (Å²) in [5.74, 6) is -0.489. The third kappa shape index (κ3) is 5.13. The van der Waals surface area contributed by atoms with Gasteiger partial charge >= 0.3 is 0 Å². The summed E-state index contributed by atoms with van der Waals surface area (Å²) in [7, 11) is -3.91. The average Bonchev–Trinajstić information content (AvgIpc) is 3.39. The van der Waals surface area contributed by atoms with Gasteiger partial charge in [-0.15, -0.1) is 11.3 Å². The largest absolute Gasteiger partial charge is 0.355 e. The summed E-state index contributed by atoms with van der Waals surface area (Å²) < 4.78 is 34.0. The van der Waals surface area contributed by atoms with Crippen LogP contribution < -0.4 is 5.32 Å². The van der Waals surface area contributed by atoms with Crippen molar-refractivity contribution in [1.29, 1.82) is 0 Å². The lowest BCUT2D eigenvalue weighted by Crippen LogP contribution is -2.43. The predicted octanol–water partition coefficient (Wildman–Crippen LogP) is 4.57. The van der Waals surface area contributed by atoms with E-state index in [1.807, 2.05) is 50.4 Å². The fraction of sp³-hybridized carbons (Fsp3) is 0.375. The molecule has 0 saturated carbocycles. The van der Waals surface area contributed by atoms with E-state index in [2.05, 4.69) is 15.5 Å². The van der Waals surface area contributed by atoms with Gasteiger partial charge in [-0.3, -0.25) is 4.79 Å². The molecule has 8 nitrogen and oxygen atoms in total. The molecule has 34 heavy (non-hydrogen) atoms. The molecule has 1 aliphatic heterocycles. The minimum atomic E-state index is -3.91. The minimum absolute atomic E-state index is 0.0469. The number of thiazole rings is 1. The number of carbonyl (C=O) groups is 1. The molecular formula is C24H28N4O4S2. The van der Waals surface area contributed by atoms with Crippen molar-refractivity contribution < 1.29 is 17.7 Å². The lowest BCUT2D eigenvalue weighted by atomic mass is 9.99. The molecule has 0 aliphatic carbocycles. The van der Waals surface area contributed by atoms with Crippen LogP contribution in [0, 0.1) is 33.6 Å². The van der Waals surface area contributed by atoms with Crippen molar-refractivity contribution in [1.82, 2.24) is 14.4 Å². The number of aromatic nitrogens is 2. The third-order valence-electron chi connectivity index (χ3n) is 5.88. The van der Waals surface area contributed by atoms with Crippen LogP contribution in [0.5, 0.6) is 0 Å². The third-order valence-corrected chi connectivity index (χ3v) is 8.78. The number of benzene rings is 1. The topological polar surface area (TPSA) is 105 Å². The molecule has 10 heteroatoms. The molecule has 1 atom stereocenters. The number of hydrogen-bond acceptors (Lipinski definition) is 7. The molecule has 0 spiro atoms. The van der Waals surface area contributed by atoms with Crippen molar-refractivity contribution in [2.75, 3.05) is 18.4 Å². The first kappa shape index (κ1) is 24.3. The van der Waals surface area contributed by atoms with Gasteiger partial charge in [-0.25, -0.2) is 13.4 Å². The summed E-state index contributed by atoms with van der Waals surface area (Å²) in [6, 6.07) is 6.07. The highest BCUT2D eigenvalue weighted by molar-refractivity contribution is 7.89. The van der Waals surface area contributed by atoms with Crippen molar-refractivity contribution in [3.63, 3.8) is 0 Å². The fourth-order valence-electron chi connectivity index (χ4n) is 4.03. The van der Waals surface area contributed by atoms with Gasteiger partial charge in [0.1, 0.15) is 5.69 Å². The van der Waals surface area contributed by atoms with E-state index >= 15 is 0 Å². The van der Waals surface area contributed by atoms with Gasteiger partial charge in [-0.05, 0) is 57.7 Å². The Morgan fingerprint density at radius 3 is 2.76 bits per heavy atom. The second kappa shape index (κ2) is 9.81. The zero-order valence-corrected chi connectivity index (χ0v) is 21.3. The second-order valence-electron chi connectivity index (χ2n) is 8.64. The summed E-state index contributed by atoms with van der Waals surface area (Å²) in [5.41, 5.74) is 4.28. The molecule has 0 radical (unpaired) electrons. The Balaban J connectivity index is 1.56. The standard InChI is InChI=1S/C24H28N4O4S2/c1-15-7-8-16(2)19(12-15)9-10-21-22(18(4)27-32-21)34(30,31)28-11-5-6-20(13-28)23(29)26-24-25-17(3)14-33-24/h7-10,12,14,20H,5-6,11,13H2,1-4H3,(H,25,26,29)/b10-9+/t20-/m0/s1. The van der Waals surface area contributed by atoms with Gasteiger partial charge in [-0.2, -0.15) is 4.31 Å². The maximum Gasteiger partial charge on any atom is 0.248 e. The summed E-state index contributed by atoms with van der Waals surface area (Å²) >= 11 is 1.35. The van der Waals surface area contributed by atoms with E-state index in [1.54, 1.807) is 13.0 Å². The zero-order valence-electron chi connectivity index (χ0n) is 19.7. The summed E-state index contributed by atoms with van der Waals surface area (Å²) in [6.45, 7) is 7.91. The molecule has 1 aromatic carbocycles. The van der Waals surface area contributed by atoms with Crippen LogP contribution >= 0.6 is 11.3 Å². The van der Waals surface area contributed by atoms with E-state index in [1.165, 1.54) is 15.6 Å². The lowest BCUT2D eigenvalue weighted by molar-refractivity contribution is -0.120. The normalized spacial score (nSPS) is 17.4. The Morgan fingerprint density at radius 1 is 1.24 bits per heavy atom. The number of anilines is 1. The first-order valence-electron chi connectivity index (χ1n) is 11.1. The van der Waals surface area contributed by atoms with E-state index in [-0.39, 0.29) is 23.1 Å². The summed E-state index contributed by atoms with van der Waals surface area (Å²) in [4.78, 5) is 17.1. The highest BCUT2D eigenvalue weighted by Crippen LogP contribution is 2.30. The quantitative estimate of drug-likeness (QED) is 0.531. The average molecular weight is 501 g/mol. The molecular weight excluding hydrogens is 472 g/mol. The van der Waals surface area contributed by atoms with Crippen molar-refractivity contribution in [3.8, 4) is 0 Å². The molecule has 4 rings (SSSR count). The number of hydrogen-bond donors (Lipinski definition) is 1. The van der Waals surface area contributed by atoms with Gasteiger partial charge < -0.3 is 9.84 Å². The highest BCUT2D eigenvalue weighted by atomic mass is 32.2. The molecule has 1 N–H and O–H groups in total. The number of nitrogens with zero attached hydrogens (tertiary/aromatic N) is 3. The Kier molecular flexibility index (Phi) is 7.01. The van der Waals surface area contributed by atoms with Gasteiger partial charge in [0.2, 0.25) is 15.9 Å². The highest BCUT2D eigenvalue weighted by Gasteiger charge is 2.37. The number of carbonyl (C=O) groups excluding carboxylic acids is 1. The summed E-state index contributed by atoms with van der Waals surface area (Å²) in [5, 5.41) is 9.12. The van der Waals surface area contributed by atoms with Crippen molar-refractivity contribution >= 4 is 44.6 Å². The molecule has 0 bridgehead atoms. The molecule has 1 fully saturated rings. The number of amides is 1. The molecule has 3 aromatic rings. The molecule has 3 heterocycles. The second-order valence-corrected chi connectivity index (χ2v) is 11.4. The molecule has 1 aliphatic rings. The van der Waals surface area contributed by atoms with Gasteiger partial charge in [0.05, 0.1) is 11.6 Å². The zero-order chi connectivity index (χ0) is 24.5. The molecule has 0 unspecified atom stereocenters. The Labute approximate surface area is 203 Å². The molecule has 1 amide bonds. The number of sulfonamides is 1. The van der Waals surface area contributed by atoms with Crippen molar-refractivity contribution in [2.24, 2.45) is 5.92 Å². The Morgan fingerprint density at radius 2 is 2.03 bits per heavy atom. The van der Waals surface area contributed by atoms with Gasteiger partial charge in [0.15, 0.2) is 15.8 Å². The van der Waals surface area contributed by atoms with Crippen molar-refractivity contribution in [2.45, 2.75) is 45.4 Å². The predicted molar refractivity (Wildman–Crippen MR) is 133 cm³/mol. The van der Waals surface area contributed by atoms with E-state index in [4.69, 9.17) is 4.52 Å². The molecule has 2 aromatic heterocycles. The number of nitrogens with one attached hydrogen (secondary N) is 1. The van der Waals surface area contributed by atoms with Gasteiger partial charge in [0, 0.05) is 18.5 Å². The van der Waals surface area contributed by atoms with E-state index in [0.29, 0.717) is 30.2 Å². The minimum Gasteiger partial charge on any atom is -0.355 e. The number of aryl methyl sites for hydroxylation is 4. The lowest BCUT2D eigenvalue weighted by Gasteiger charge is -2.30. The maximum atomic E-state index is 13.6. The molecule has 180 valence electrons. The van der Waals surface area contributed by atoms with Crippen LogP contribution in [0.4, 0.5) is 5.13 Å². The first-order valence-corrected chi connectivity index (χ1v) is 13.4. The fourth-order valence-corrected chi connectivity index (χ4v) is 6.49. The Hall–Kier alpha value is -2.82. The SMILES string of the molecule is Cc1ccc(C)c(/C=C/c2onc(C)c2S(=O)(=O)N2CCC[C@H](C(=O)Nc3nc(C)cs3)C2)c1. The van der Waals surface area contributed by atoms with E-state index in [9.17, 15) is 13.2 Å².